The lowest BCUT2D eigenvalue weighted by Gasteiger charge is -2.13. The van der Waals surface area contributed by atoms with Gasteiger partial charge < -0.3 is 10.2 Å². The minimum atomic E-state index is -1.70. The minimum absolute atomic E-state index is 0.0636. The highest BCUT2D eigenvalue weighted by Crippen LogP contribution is 2.63. The van der Waals surface area contributed by atoms with E-state index in [2.05, 4.69) is 22.0 Å². The lowest BCUT2D eigenvalue weighted by molar-refractivity contribution is 0.345. The molecule has 0 saturated carbocycles. The Morgan fingerprint density at radius 3 is 2.00 bits per heavy atom. The van der Waals surface area contributed by atoms with Crippen LogP contribution in [0.1, 0.15) is 0 Å². The molecular formula is C8H11IO2P+. The van der Waals surface area contributed by atoms with Crippen molar-refractivity contribution < 1.29 is 10.2 Å². The van der Waals surface area contributed by atoms with Crippen LogP contribution in [0.3, 0.4) is 0 Å². The van der Waals surface area contributed by atoms with Gasteiger partial charge in [-0.1, -0.05) is 18.2 Å². The first kappa shape index (κ1) is 10.4. The lowest BCUT2D eigenvalue weighted by Crippen LogP contribution is -2.11. The van der Waals surface area contributed by atoms with Crippen LogP contribution in [-0.4, -0.2) is 22.9 Å². The van der Waals surface area contributed by atoms with Crippen molar-refractivity contribution >= 4 is 32.3 Å². The molecule has 1 aromatic rings. The Bertz CT molecular complexity index is 236. The van der Waals surface area contributed by atoms with Crippen LogP contribution in [0, 0.1) is 0 Å². The van der Waals surface area contributed by atoms with Gasteiger partial charge in [-0.3, -0.25) is 0 Å². The fourth-order valence-electron chi connectivity index (χ4n) is 0.903. The molecule has 0 aromatic heterocycles. The Balaban J connectivity index is 2.95. The second-order valence-electron chi connectivity index (χ2n) is 2.48. The molecule has 0 radical (unpaired) electrons. The van der Waals surface area contributed by atoms with E-state index in [0.29, 0.717) is 0 Å². The first-order chi connectivity index (χ1) is 5.73. The fourth-order valence-corrected chi connectivity index (χ4v) is 2.99. The summed E-state index contributed by atoms with van der Waals surface area (Å²) in [6.45, 7) is 0. The maximum Gasteiger partial charge on any atom is 0.169 e. The van der Waals surface area contributed by atoms with Crippen LogP contribution in [0.2, 0.25) is 0 Å². The number of hydrogen-bond donors (Lipinski definition) is 2. The molecule has 0 atom stereocenters. The second-order valence-corrected chi connectivity index (χ2v) is 10.8. The zero-order chi connectivity index (χ0) is 9.03. The summed E-state index contributed by atoms with van der Waals surface area (Å²) < 4.78 is 0. The van der Waals surface area contributed by atoms with Crippen molar-refractivity contribution in [1.82, 2.24) is 0 Å². The number of aliphatic hydroxyl groups is 2. The van der Waals surface area contributed by atoms with Gasteiger partial charge in [0, 0.05) is 0 Å². The summed E-state index contributed by atoms with van der Waals surface area (Å²) in [6, 6.07) is 9.68. The van der Waals surface area contributed by atoms with Gasteiger partial charge in [-0.05, 0) is 12.1 Å². The molecule has 2 nitrogen and oxygen atoms in total. The van der Waals surface area contributed by atoms with E-state index in [-0.39, 0.29) is 12.7 Å². The normalized spacial score (nSPS) is 11.6. The molecule has 1 rings (SSSR count). The maximum absolute atomic E-state index is 9.12. The van der Waals surface area contributed by atoms with E-state index in [0.717, 1.165) is 5.30 Å². The fraction of sp³-hybridized carbons (Fsp3) is 0.250. The molecule has 0 fully saturated rings. The van der Waals surface area contributed by atoms with Crippen LogP contribution in [0.4, 0.5) is 0 Å². The van der Waals surface area contributed by atoms with E-state index in [4.69, 9.17) is 10.2 Å². The molecule has 0 amide bonds. The van der Waals surface area contributed by atoms with Gasteiger partial charge in [-0.15, -0.1) is 0 Å². The Morgan fingerprint density at radius 1 is 1.08 bits per heavy atom. The summed E-state index contributed by atoms with van der Waals surface area (Å²) in [5.41, 5.74) is 0. The van der Waals surface area contributed by atoms with Crippen molar-refractivity contribution in [3.8, 4) is 0 Å². The van der Waals surface area contributed by atoms with Gasteiger partial charge in [0.25, 0.3) is 0 Å². The average Bonchev–Trinajstić information content (AvgIpc) is 2.18. The molecule has 2 N–H and O–H groups in total. The van der Waals surface area contributed by atoms with Crippen molar-refractivity contribution in [2.45, 2.75) is 0 Å². The Labute approximate surface area is 85.4 Å². The highest BCUT2D eigenvalue weighted by molar-refractivity contribution is 14.2. The number of rotatable bonds is 3. The zero-order valence-corrected chi connectivity index (χ0v) is 9.57. The third-order valence-corrected chi connectivity index (χ3v) is 7.29. The van der Waals surface area contributed by atoms with Gasteiger partial charge in [-0.25, -0.2) is 0 Å². The van der Waals surface area contributed by atoms with E-state index in [9.17, 15) is 0 Å². The number of halogens is 1. The van der Waals surface area contributed by atoms with E-state index < -0.39 is 4.90 Å². The molecule has 0 spiro atoms. The average molecular weight is 297 g/mol. The van der Waals surface area contributed by atoms with Crippen LogP contribution in [0.25, 0.3) is 0 Å². The summed E-state index contributed by atoms with van der Waals surface area (Å²) in [4.78, 5) is -1.70. The predicted molar refractivity (Wildman–Crippen MR) is 61.2 cm³/mol. The van der Waals surface area contributed by atoms with Crippen molar-refractivity contribution in [2.24, 2.45) is 0 Å². The number of aliphatic hydroxyl groups excluding tert-OH is 2. The molecular weight excluding hydrogens is 286 g/mol. The van der Waals surface area contributed by atoms with E-state index >= 15 is 0 Å². The van der Waals surface area contributed by atoms with Gasteiger partial charge >= 0.3 is 0 Å². The summed E-state index contributed by atoms with van der Waals surface area (Å²) in [5, 5.41) is 19.3. The van der Waals surface area contributed by atoms with Crippen LogP contribution in [0.5, 0.6) is 0 Å². The summed E-state index contributed by atoms with van der Waals surface area (Å²) >= 11 is 2.18. The second kappa shape index (κ2) is 4.51. The molecule has 0 bridgehead atoms. The molecule has 0 aliphatic carbocycles. The highest BCUT2D eigenvalue weighted by atomic mass is 127. The van der Waals surface area contributed by atoms with Gasteiger partial charge in [0.1, 0.15) is 5.30 Å². The molecule has 0 aliphatic heterocycles. The summed E-state index contributed by atoms with van der Waals surface area (Å²) in [5.74, 6) is 0. The Hall–Kier alpha value is 0.300. The third-order valence-electron chi connectivity index (χ3n) is 1.67. The van der Waals surface area contributed by atoms with E-state index in [1.54, 1.807) is 0 Å². The molecule has 4 heteroatoms. The van der Waals surface area contributed by atoms with Crippen molar-refractivity contribution in [2.75, 3.05) is 12.7 Å². The van der Waals surface area contributed by atoms with Crippen molar-refractivity contribution in [1.29, 1.82) is 0 Å². The van der Waals surface area contributed by atoms with Crippen LogP contribution in [-0.2, 0) is 0 Å². The molecule has 1 aromatic carbocycles. The van der Waals surface area contributed by atoms with E-state index in [1.165, 1.54) is 0 Å². The Morgan fingerprint density at radius 2 is 1.58 bits per heavy atom. The highest BCUT2D eigenvalue weighted by Gasteiger charge is 2.36. The standard InChI is InChI=1S/C8H11IO2P/c9-12(6-10,7-11)8-4-2-1-3-5-8/h1-5,10-11H,6-7H2/q+1. The molecule has 12 heavy (non-hydrogen) atoms. The van der Waals surface area contributed by atoms with Crippen LogP contribution < -0.4 is 5.30 Å². The first-order valence-corrected chi connectivity index (χ1v) is 8.51. The molecule has 0 aliphatic rings. The van der Waals surface area contributed by atoms with E-state index in [1.807, 2.05) is 30.3 Å². The van der Waals surface area contributed by atoms with Crippen molar-refractivity contribution in [3.63, 3.8) is 0 Å². The molecule has 66 valence electrons. The smallest absolute Gasteiger partial charge is 0.169 e. The summed E-state index contributed by atoms with van der Waals surface area (Å²) in [7, 11) is 0. The monoisotopic (exact) mass is 297 g/mol. The Kier molecular flexibility index (Phi) is 3.90. The van der Waals surface area contributed by atoms with Gasteiger partial charge in [0.15, 0.2) is 39.6 Å². The van der Waals surface area contributed by atoms with Gasteiger partial charge in [0.2, 0.25) is 0 Å². The summed E-state index contributed by atoms with van der Waals surface area (Å²) in [6.07, 6.45) is 0.127. The quantitative estimate of drug-likeness (QED) is 0.657. The largest absolute Gasteiger partial charge is 0.361 e. The topological polar surface area (TPSA) is 40.5 Å². The predicted octanol–water partition coefficient (Wildman–Crippen LogP) is 1.58. The van der Waals surface area contributed by atoms with Crippen LogP contribution >= 0.6 is 26.9 Å². The van der Waals surface area contributed by atoms with Gasteiger partial charge in [-0.2, -0.15) is 0 Å². The first-order valence-electron chi connectivity index (χ1n) is 3.57. The molecule has 0 saturated heterocycles. The third kappa shape index (κ3) is 2.16. The minimum Gasteiger partial charge on any atom is -0.361 e. The van der Waals surface area contributed by atoms with Crippen LogP contribution in [0.15, 0.2) is 30.3 Å². The van der Waals surface area contributed by atoms with Crippen molar-refractivity contribution in [3.05, 3.63) is 30.3 Å². The lowest BCUT2D eigenvalue weighted by atomic mass is 10.4. The number of hydrogen-bond acceptors (Lipinski definition) is 2. The maximum atomic E-state index is 9.12. The number of benzene rings is 1. The SMILES string of the molecule is OC[P+](I)(CO)c1ccccc1. The molecule has 0 heterocycles. The molecule has 0 unspecified atom stereocenters. The van der Waals surface area contributed by atoms with Gasteiger partial charge in [0.05, 0.1) is 0 Å². The zero-order valence-electron chi connectivity index (χ0n) is 6.52.